The van der Waals surface area contributed by atoms with Crippen LogP contribution in [0.2, 0.25) is 0 Å². The summed E-state index contributed by atoms with van der Waals surface area (Å²) in [5.74, 6) is -1.51. The van der Waals surface area contributed by atoms with Crippen molar-refractivity contribution in [3.05, 3.63) is 71.5 Å². The Hall–Kier alpha value is -3.49. The SMILES string of the molecule is NC(=O)[C@@H](Cc1cnc2ccccc2n1)NC(=O)c1ccc(C(F)(F)F)cc1. The van der Waals surface area contributed by atoms with Crippen LogP contribution in [0.5, 0.6) is 0 Å². The number of hydrogen-bond acceptors (Lipinski definition) is 4. The molecular weight excluding hydrogens is 373 g/mol. The number of hydrogen-bond donors (Lipinski definition) is 2. The molecule has 9 heteroatoms. The fourth-order valence-electron chi connectivity index (χ4n) is 2.58. The van der Waals surface area contributed by atoms with Crippen molar-refractivity contribution >= 4 is 22.8 Å². The number of nitrogens with two attached hydrogens (primary N) is 1. The predicted octanol–water partition coefficient (Wildman–Crippen LogP) is 2.47. The zero-order valence-corrected chi connectivity index (χ0v) is 14.4. The number of nitrogens with zero attached hydrogens (tertiary/aromatic N) is 2. The fraction of sp³-hybridized carbons (Fsp3) is 0.158. The second-order valence-corrected chi connectivity index (χ2v) is 6.06. The molecule has 0 unspecified atom stereocenters. The summed E-state index contributed by atoms with van der Waals surface area (Å²) in [6.45, 7) is 0. The van der Waals surface area contributed by atoms with Gasteiger partial charge in [-0.05, 0) is 36.4 Å². The lowest BCUT2D eigenvalue weighted by atomic mass is 10.1. The lowest BCUT2D eigenvalue weighted by Gasteiger charge is -2.15. The molecule has 2 amide bonds. The Kier molecular flexibility index (Phi) is 5.25. The Morgan fingerprint density at radius 1 is 1.04 bits per heavy atom. The van der Waals surface area contributed by atoms with Gasteiger partial charge in [0.1, 0.15) is 6.04 Å². The summed E-state index contributed by atoms with van der Waals surface area (Å²) >= 11 is 0. The standard InChI is InChI=1S/C19H15F3N4O2/c20-19(21,22)12-7-5-11(6-8-12)18(28)26-16(17(23)27)9-13-10-24-14-3-1-2-4-15(14)25-13/h1-8,10,16H,9H2,(H2,23,27)(H,26,28)/t16-/m1/s1. The Morgan fingerprint density at radius 3 is 2.29 bits per heavy atom. The van der Waals surface area contributed by atoms with Crippen LogP contribution >= 0.6 is 0 Å². The maximum Gasteiger partial charge on any atom is 0.416 e. The zero-order valence-electron chi connectivity index (χ0n) is 14.4. The highest BCUT2D eigenvalue weighted by molar-refractivity contribution is 5.97. The van der Waals surface area contributed by atoms with Gasteiger partial charge in [0.15, 0.2) is 0 Å². The molecule has 3 rings (SSSR count). The number of primary amides is 1. The number of aromatic nitrogens is 2. The third-order valence-electron chi connectivity index (χ3n) is 4.03. The molecule has 0 bridgehead atoms. The molecule has 0 radical (unpaired) electrons. The van der Waals surface area contributed by atoms with Crippen LogP contribution in [-0.2, 0) is 17.4 Å². The number of nitrogens with one attached hydrogen (secondary N) is 1. The molecule has 144 valence electrons. The van der Waals surface area contributed by atoms with Crippen molar-refractivity contribution in [1.29, 1.82) is 0 Å². The maximum absolute atomic E-state index is 12.6. The number of para-hydroxylation sites is 2. The van der Waals surface area contributed by atoms with E-state index in [1.54, 1.807) is 18.2 Å². The zero-order chi connectivity index (χ0) is 20.3. The fourth-order valence-corrected chi connectivity index (χ4v) is 2.58. The number of carbonyl (C=O) groups excluding carboxylic acids is 2. The molecule has 6 nitrogen and oxygen atoms in total. The van der Waals surface area contributed by atoms with Gasteiger partial charge in [-0.1, -0.05) is 12.1 Å². The van der Waals surface area contributed by atoms with Crippen LogP contribution in [-0.4, -0.2) is 27.8 Å². The Bertz CT molecular complexity index is 1020. The van der Waals surface area contributed by atoms with Crippen molar-refractivity contribution in [2.24, 2.45) is 5.73 Å². The summed E-state index contributed by atoms with van der Waals surface area (Å²) in [7, 11) is 0. The topological polar surface area (TPSA) is 98.0 Å². The second kappa shape index (κ2) is 7.63. The van der Waals surface area contributed by atoms with Crippen LogP contribution in [0.25, 0.3) is 11.0 Å². The minimum atomic E-state index is -4.50. The first-order valence-corrected chi connectivity index (χ1v) is 8.22. The molecule has 0 fully saturated rings. The van der Waals surface area contributed by atoms with E-state index in [1.165, 1.54) is 6.20 Å². The Labute approximate surface area is 157 Å². The first-order chi connectivity index (χ1) is 13.2. The number of alkyl halides is 3. The smallest absolute Gasteiger partial charge is 0.368 e. The first-order valence-electron chi connectivity index (χ1n) is 8.22. The van der Waals surface area contributed by atoms with Gasteiger partial charge in [0.25, 0.3) is 5.91 Å². The van der Waals surface area contributed by atoms with Crippen LogP contribution in [0.1, 0.15) is 21.6 Å². The highest BCUT2D eigenvalue weighted by atomic mass is 19.4. The normalized spacial score (nSPS) is 12.5. The quantitative estimate of drug-likeness (QED) is 0.702. The lowest BCUT2D eigenvalue weighted by molar-refractivity contribution is -0.137. The van der Waals surface area contributed by atoms with E-state index < -0.39 is 29.6 Å². The summed E-state index contributed by atoms with van der Waals surface area (Å²) in [5, 5.41) is 2.42. The van der Waals surface area contributed by atoms with Crippen molar-refractivity contribution in [3.8, 4) is 0 Å². The van der Waals surface area contributed by atoms with Gasteiger partial charge in [0.05, 0.1) is 22.3 Å². The van der Waals surface area contributed by atoms with Crippen LogP contribution in [0.3, 0.4) is 0 Å². The molecule has 0 spiro atoms. The molecule has 0 aliphatic heterocycles. The predicted molar refractivity (Wildman–Crippen MR) is 95.1 cm³/mol. The van der Waals surface area contributed by atoms with Crippen molar-refractivity contribution < 1.29 is 22.8 Å². The number of carbonyl (C=O) groups is 2. The average Bonchev–Trinajstić information content (AvgIpc) is 2.66. The third kappa shape index (κ3) is 4.43. The Morgan fingerprint density at radius 2 is 1.68 bits per heavy atom. The van der Waals surface area contributed by atoms with Gasteiger partial charge in [-0.15, -0.1) is 0 Å². The number of fused-ring (bicyclic) bond motifs is 1. The third-order valence-corrected chi connectivity index (χ3v) is 4.03. The molecule has 1 aromatic heterocycles. The maximum atomic E-state index is 12.6. The summed E-state index contributed by atoms with van der Waals surface area (Å²) in [5.41, 5.74) is 6.20. The number of benzene rings is 2. The van der Waals surface area contributed by atoms with Gasteiger partial charge in [-0.3, -0.25) is 14.6 Å². The molecule has 0 saturated carbocycles. The van der Waals surface area contributed by atoms with Gasteiger partial charge in [-0.25, -0.2) is 4.98 Å². The first kappa shape index (κ1) is 19.3. The second-order valence-electron chi connectivity index (χ2n) is 6.06. The monoisotopic (exact) mass is 388 g/mol. The van der Waals surface area contributed by atoms with E-state index in [0.717, 1.165) is 24.3 Å². The van der Waals surface area contributed by atoms with Crippen LogP contribution in [0, 0.1) is 0 Å². The van der Waals surface area contributed by atoms with Crippen LogP contribution in [0.4, 0.5) is 13.2 Å². The molecule has 0 aliphatic rings. The van der Waals surface area contributed by atoms with Crippen molar-refractivity contribution in [3.63, 3.8) is 0 Å². The van der Waals surface area contributed by atoms with Crippen molar-refractivity contribution in [2.45, 2.75) is 18.6 Å². The number of rotatable bonds is 5. The molecule has 1 atom stereocenters. The van der Waals surface area contributed by atoms with E-state index in [0.29, 0.717) is 16.7 Å². The average molecular weight is 388 g/mol. The molecule has 0 saturated heterocycles. The van der Waals surface area contributed by atoms with Gasteiger partial charge in [0.2, 0.25) is 5.91 Å². The summed E-state index contributed by atoms with van der Waals surface area (Å²) in [4.78, 5) is 32.6. The molecular formula is C19H15F3N4O2. The van der Waals surface area contributed by atoms with Crippen LogP contribution < -0.4 is 11.1 Å². The molecule has 3 aromatic rings. The molecule has 1 heterocycles. The lowest BCUT2D eigenvalue weighted by Crippen LogP contribution is -2.46. The van der Waals surface area contributed by atoms with Gasteiger partial charge in [-0.2, -0.15) is 13.2 Å². The minimum absolute atomic E-state index is 0.000454. The van der Waals surface area contributed by atoms with Gasteiger partial charge < -0.3 is 11.1 Å². The highest BCUT2D eigenvalue weighted by Gasteiger charge is 2.30. The molecule has 2 aromatic carbocycles. The van der Waals surface area contributed by atoms with E-state index in [4.69, 9.17) is 5.73 Å². The van der Waals surface area contributed by atoms with Crippen LogP contribution in [0.15, 0.2) is 54.7 Å². The molecule has 3 N–H and O–H groups in total. The molecule has 0 aliphatic carbocycles. The van der Waals surface area contributed by atoms with Gasteiger partial charge >= 0.3 is 6.18 Å². The largest absolute Gasteiger partial charge is 0.416 e. The number of halogens is 3. The van der Waals surface area contributed by atoms with Crippen molar-refractivity contribution in [1.82, 2.24) is 15.3 Å². The van der Waals surface area contributed by atoms with E-state index in [9.17, 15) is 22.8 Å². The summed E-state index contributed by atoms with van der Waals surface area (Å²) < 4.78 is 37.8. The van der Waals surface area contributed by atoms with E-state index >= 15 is 0 Å². The van der Waals surface area contributed by atoms with E-state index in [2.05, 4.69) is 15.3 Å². The van der Waals surface area contributed by atoms with E-state index in [-0.39, 0.29) is 12.0 Å². The summed E-state index contributed by atoms with van der Waals surface area (Å²) in [6, 6.07) is 9.71. The number of amides is 2. The molecule has 28 heavy (non-hydrogen) atoms. The highest BCUT2D eigenvalue weighted by Crippen LogP contribution is 2.29. The van der Waals surface area contributed by atoms with Crippen molar-refractivity contribution in [2.75, 3.05) is 0 Å². The minimum Gasteiger partial charge on any atom is -0.368 e. The summed E-state index contributed by atoms with van der Waals surface area (Å²) in [6.07, 6.45) is -3.03. The van der Waals surface area contributed by atoms with E-state index in [1.807, 2.05) is 6.07 Å². The Balaban J connectivity index is 1.75. The van der Waals surface area contributed by atoms with Gasteiger partial charge in [0, 0.05) is 18.2 Å².